The van der Waals surface area contributed by atoms with E-state index in [1.165, 1.54) is 56.3 Å². The molecule has 0 spiro atoms. The third kappa shape index (κ3) is 5.67. The monoisotopic (exact) mass is 306 g/mol. The first kappa shape index (κ1) is 16.9. The van der Waals surface area contributed by atoms with Gasteiger partial charge in [0.15, 0.2) is 0 Å². The van der Waals surface area contributed by atoms with Gasteiger partial charge in [-0.3, -0.25) is 0 Å². The van der Waals surface area contributed by atoms with Crippen LogP contribution in [0.2, 0.25) is 0 Å². The average Bonchev–Trinajstić information content (AvgIpc) is 2.55. The number of hydrogen-bond donors (Lipinski definition) is 1. The van der Waals surface area contributed by atoms with Gasteiger partial charge in [-0.2, -0.15) is 0 Å². The molecule has 1 saturated carbocycles. The van der Waals surface area contributed by atoms with Crippen LogP contribution in [0.3, 0.4) is 0 Å². The predicted octanol–water partition coefficient (Wildman–Crippen LogP) is 5.67. The standard InChI is InChI=1S/C19H30OS/c1-2-3-6-15-18(21-17-13-9-5-10-14-17)19(20)16-11-7-4-8-12-16/h5,9-10,13-14,16,18-20H,2-4,6-8,11-12,15H2,1H3/t18-,19+/m0/s1. The third-order valence-electron chi connectivity index (χ3n) is 4.64. The first-order valence-corrected chi connectivity index (χ1v) is 9.59. The van der Waals surface area contributed by atoms with Crippen molar-refractivity contribution in [1.29, 1.82) is 0 Å². The molecule has 0 heterocycles. The molecule has 1 N–H and O–H groups in total. The fraction of sp³-hybridized carbons (Fsp3) is 0.684. The van der Waals surface area contributed by atoms with Crippen LogP contribution in [0.5, 0.6) is 0 Å². The molecular weight excluding hydrogens is 276 g/mol. The zero-order valence-electron chi connectivity index (χ0n) is 13.3. The van der Waals surface area contributed by atoms with Gasteiger partial charge in [-0.15, -0.1) is 11.8 Å². The number of thioether (sulfide) groups is 1. The number of hydrogen-bond acceptors (Lipinski definition) is 2. The highest BCUT2D eigenvalue weighted by Crippen LogP contribution is 2.36. The molecule has 21 heavy (non-hydrogen) atoms. The predicted molar refractivity (Wildman–Crippen MR) is 92.8 cm³/mol. The summed E-state index contributed by atoms with van der Waals surface area (Å²) in [5.41, 5.74) is 0. The van der Waals surface area contributed by atoms with Crippen LogP contribution < -0.4 is 0 Å². The molecule has 0 aliphatic heterocycles. The van der Waals surface area contributed by atoms with Crippen LogP contribution in [0, 0.1) is 5.92 Å². The Labute approximate surface area is 134 Å². The van der Waals surface area contributed by atoms with Gasteiger partial charge in [0.25, 0.3) is 0 Å². The number of aliphatic hydroxyl groups excluding tert-OH is 1. The van der Waals surface area contributed by atoms with Crippen LogP contribution in [0.4, 0.5) is 0 Å². The van der Waals surface area contributed by atoms with Crippen molar-refractivity contribution in [3.63, 3.8) is 0 Å². The van der Waals surface area contributed by atoms with Crippen molar-refractivity contribution in [3.05, 3.63) is 30.3 Å². The lowest BCUT2D eigenvalue weighted by molar-refractivity contribution is 0.0800. The molecule has 1 aliphatic rings. The van der Waals surface area contributed by atoms with E-state index in [0.717, 1.165) is 6.42 Å². The van der Waals surface area contributed by atoms with Crippen LogP contribution >= 0.6 is 11.8 Å². The van der Waals surface area contributed by atoms with Crippen molar-refractivity contribution in [2.75, 3.05) is 0 Å². The fourth-order valence-corrected chi connectivity index (χ4v) is 4.66. The largest absolute Gasteiger partial charge is 0.392 e. The molecule has 1 aromatic carbocycles. The summed E-state index contributed by atoms with van der Waals surface area (Å²) in [6.07, 6.45) is 11.2. The molecule has 0 unspecified atom stereocenters. The van der Waals surface area contributed by atoms with Crippen molar-refractivity contribution in [2.24, 2.45) is 5.92 Å². The maximum absolute atomic E-state index is 10.9. The van der Waals surface area contributed by atoms with Gasteiger partial charge in [0.1, 0.15) is 0 Å². The molecule has 1 aliphatic carbocycles. The van der Waals surface area contributed by atoms with E-state index >= 15 is 0 Å². The average molecular weight is 307 g/mol. The smallest absolute Gasteiger partial charge is 0.0690 e. The van der Waals surface area contributed by atoms with Gasteiger partial charge in [-0.1, -0.05) is 63.6 Å². The zero-order chi connectivity index (χ0) is 14.9. The molecule has 2 heteroatoms. The molecule has 0 radical (unpaired) electrons. The number of rotatable bonds is 8. The third-order valence-corrected chi connectivity index (χ3v) is 6.00. The minimum absolute atomic E-state index is 0.132. The molecule has 1 fully saturated rings. The molecule has 0 saturated heterocycles. The molecule has 0 amide bonds. The first-order valence-electron chi connectivity index (χ1n) is 8.71. The quantitative estimate of drug-likeness (QED) is 0.493. The second kappa shape index (κ2) is 9.53. The molecule has 118 valence electrons. The lowest BCUT2D eigenvalue weighted by Crippen LogP contribution is -2.32. The van der Waals surface area contributed by atoms with Crippen LogP contribution in [-0.2, 0) is 0 Å². The minimum atomic E-state index is -0.132. The second-order valence-electron chi connectivity index (χ2n) is 6.35. The highest BCUT2D eigenvalue weighted by Gasteiger charge is 2.29. The number of aliphatic hydroxyl groups is 1. The Morgan fingerprint density at radius 3 is 2.48 bits per heavy atom. The lowest BCUT2D eigenvalue weighted by atomic mass is 9.83. The van der Waals surface area contributed by atoms with Crippen LogP contribution in [0.15, 0.2) is 35.2 Å². The van der Waals surface area contributed by atoms with E-state index in [1.807, 2.05) is 11.8 Å². The van der Waals surface area contributed by atoms with Gasteiger partial charge in [0.05, 0.1) is 6.10 Å². The summed E-state index contributed by atoms with van der Waals surface area (Å²) in [6.45, 7) is 2.25. The molecule has 1 aromatic rings. The molecular formula is C19H30OS. The van der Waals surface area contributed by atoms with Crippen LogP contribution in [0.25, 0.3) is 0 Å². The Kier molecular flexibility index (Phi) is 7.66. The second-order valence-corrected chi connectivity index (χ2v) is 7.67. The normalized spacial score (nSPS) is 19.3. The van der Waals surface area contributed by atoms with E-state index in [1.54, 1.807) is 0 Å². The summed E-state index contributed by atoms with van der Waals surface area (Å²) in [6, 6.07) is 10.6. The summed E-state index contributed by atoms with van der Waals surface area (Å²) in [5, 5.41) is 11.2. The Balaban J connectivity index is 1.96. The Bertz CT molecular complexity index is 372. The van der Waals surface area contributed by atoms with E-state index in [4.69, 9.17) is 0 Å². The molecule has 2 atom stereocenters. The topological polar surface area (TPSA) is 20.2 Å². The summed E-state index contributed by atoms with van der Waals surface area (Å²) >= 11 is 1.89. The maximum atomic E-state index is 10.9. The number of unbranched alkanes of at least 4 members (excludes halogenated alkanes) is 2. The van der Waals surface area contributed by atoms with E-state index in [2.05, 4.69) is 37.3 Å². The number of benzene rings is 1. The zero-order valence-corrected chi connectivity index (χ0v) is 14.2. The first-order chi connectivity index (χ1) is 10.3. The summed E-state index contributed by atoms with van der Waals surface area (Å²) in [5.74, 6) is 0.529. The Morgan fingerprint density at radius 1 is 1.10 bits per heavy atom. The van der Waals surface area contributed by atoms with Gasteiger partial charge >= 0.3 is 0 Å². The lowest BCUT2D eigenvalue weighted by Gasteiger charge is -2.32. The van der Waals surface area contributed by atoms with Crippen molar-refractivity contribution in [2.45, 2.75) is 81.0 Å². The van der Waals surface area contributed by atoms with Gasteiger partial charge in [0, 0.05) is 10.1 Å². The van der Waals surface area contributed by atoms with Crippen LogP contribution in [-0.4, -0.2) is 16.5 Å². The van der Waals surface area contributed by atoms with Crippen molar-refractivity contribution >= 4 is 11.8 Å². The fourth-order valence-electron chi connectivity index (χ4n) is 3.35. The maximum Gasteiger partial charge on any atom is 0.0690 e. The van der Waals surface area contributed by atoms with Gasteiger partial charge < -0.3 is 5.11 Å². The van der Waals surface area contributed by atoms with Crippen molar-refractivity contribution in [3.8, 4) is 0 Å². The molecule has 0 aromatic heterocycles. The van der Waals surface area contributed by atoms with Gasteiger partial charge in [-0.05, 0) is 37.3 Å². The van der Waals surface area contributed by atoms with Gasteiger partial charge in [0.2, 0.25) is 0 Å². The van der Waals surface area contributed by atoms with E-state index < -0.39 is 0 Å². The summed E-state index contributed by atoms with van der Waals surface area (Å²) < 4.78 is 0. The van der Waals surface area contributed by atoms with E-state index in [9.17, 15) is 5.11 Å². The van der Waals surface area contributed by atoms with Crippen molar-refractivity contribution < 1.29 is 5.11 Å². The Morgan fingerprint density at radius 2 is 1.81 bits per heavy atom. The van der Waals surface area contributed by atoms with Crippen molar-refractivity contribution in [1.82, 2.24) is 0 Å². The minimum Gasteiger partial charge on any atom is -0.392 e. The molecule has 2 rings (SSSR count). The van der Waals surface area contributed by atoms with Crippen LogP contribution in [0.1, 0.15) is 64.7 Å². The highest BCUT2D eigenvalue weighted by molar-refractivity contribution is 8.00. The summed E-state index contributed by atoms with van der Waals surface area (Å²) in [7, 11) is 0. The van der Waals surface area contributed by atoms with E-state index in [0.29, 0.717) is 11.2 Å². The van der Waals surface area contributed by atoms with E-state index in [-0.39, 0.29) is 6.10 Å². The molecule has 1 nitrogen and oxygen atoms in total. The SMILES string of the molecule is CCCCC[C@H](Sc1ccccc1)[C@H](O)C1CCCCC1. The highest BCUT2D eigenvalue weighted by atomic mass is 32.2. The Hall–Kier alpha value is -0.470. The summed E-state index contributed by atoms with van der Waals surface area (Å²) in [4.78, 5) is 1.30. The van der Waals surface area contributed by atoms with Gasteiger partial charge in [-0.25, -0.2) is 0 Å². The molecule has 0 bridgehead atoms.